The Morgan fingerprint density at radius 3 is 2.95 bits per heavy atom. The van der Waals surface area contributed by atoms with Gasteiger partial charge in [0.2, 0.25) is 0 Å². The van der Waals surface area contributed by atoms with Crippen molar-refractivity contribution in [3.63, 3.8) is 0 Å². The lowest BCUT2D eigenvalue weighted by Crippen LogP contribution is -2.18. The van der Waals surface area contributed by atoms with E-state index in [0.717, 1.165) is 31.0 Å². The summed E-state index contributed by atoms with van der Waals surface area (Å²) in [5.41, 5.74) is 1.62. The zero-order valence-electron chi connectivity index (χ0n) is 11.2. The summed E-state index contributed by atoms with van der Waals surface area (Å²) < 4.78 is 16.2. The van der Waals surface area contributed by atoms with E-state index in [0.29, 0.717) is 21.8 Å². The first kappa shape index (κ1) is 14.3. The van der Waals surface area contributed by atoms with Crippen LogP contribution >= 0.6 is 27.5 Å². The van der Waals surface area contributed by atoms with E-state index in [-0.39, 0.29) is 5.82 Å². The number of halogens is 3. The Balaban J connectivity index is 2.01. The molecule has 3 nitrogen and oxygen atoms in total. The Kier molecular flexibility index (Phi) is 4.02. The van der Waals surface area contributed by atoms with Crippen molar-refractivity contribution in [3.05, 3.63) is 28.2 Å². The lowest BCUT2D eigenvalue weighted by Gasteiger charge is -2.14. The molecule has 0 spiro atoms. The third kappa shape index (κ3) is 2.59. The van der Waals surface area contributed by atoms with Crippen molar-refractivity contribution in [1.82, 2.24) is 14.5 Å². The van der Waals surface area contributed by atoms with Gasteiger partial charge < -0.3 is 9.47 Å². The van der Waals surface area contributed by atoms with Crippen LogP contribution in [0.2, 0.25) is 0 Å². The van der Waals surface area contributed by atoms with Crippen molar-refractivity contribution < 1.29 is 4.39 Å². The highest BCUT2D eigenvalue weighted by atomic mass is 79.9. The number of hydrogen-bond acceptors (Lipinski definition) is 2. The fraction of sp³-hybridized carbons (Fsp3) is 0.500. The van der Waals surface area contributed by atoms with Gasteiger partial charge in [-0.05, 0) is 47.9 Å². The van der Waals surface area contributed by atoms with Crippen LogP contribution in [0.4, 0.5) is 4.39 Å². The maximum atomic E-state index is 13.6. The van der Waals surface area contributed by atoms with Gasteiger partial charge in [0.1, 0.15) is 11.6 Å². The first-order valence-electron chi connectivity index (χ1n) is 6.67. The van der Waals surface area contributed by atoms with Crippen molar-refractivity contribution in [2.75, 3.05) is 20.1 Å². The number of rotatable bonds is 3. The van der Waals surface area contributed by atoms with Crippen LogP contribution in [0.5, 0.6) is 0 Å². The average molecular weight is 361 g/mol. The minimum atomic E-state index is -0.288. The number of alkyl halides is 1. The summed E-state index contributed by atoms with van der Waals surface area (Å²) in [5.74, 6) is 1.47. The normalized spacial score (nSPS) is 20.1. The summed E-state index contributed by atoms with van der Waals surface area (Å²) in [4.78, 5) is 6.78. The molecule has 1 fully saturated rings. The fourth-order valence-electron chi connectivity index (χ4n) is 2.91. The molecule has 0 aliphatic carbocycles. The third-order valence-electron chi connectivity index (χ3n) is 3.92. The number of nitrogens with zero attached hydrogens (tertiary/aromatic N) is 3. The molecule has 108 valence electrons. The zero-order valence-corrected chi connectivity index (χ0v) is 13.6. The topological polar surface area (TPSA) is 21.1 Å². The van der Waals surface area contributed by atoms with Gasteiger partial charge in [0, 0.05) is 19.2 Å². The molecule has 1 aliphatic rings. The lowest BCUT2D eigenvalue weighted by atomic mass is 10.1. The highest BCUT2D eigenvalue weighted by Gasteiger charge is 2.22. The van der Waals surface area contributed by atoms with Crippen LogP contribution in [0.25, 0.3) is 11.0 Å². The largest absolute Gasteiger partial charge is 0.327 e. The molecule has 1 unspecified atom stereocenters. The number of hydrogen-bond donors (Lipinski definition) is 0. The van der Waals surface area contributed by atoms with E-state index in [1.807, 2.05) is 0 Å². The van der Waals surface area contributed by atoms with Crippen molar-refractivity contribution in [2.45, 2.75) is 18.8 Å². The van der Waals surface area contributed by atoms with Gasteiger partial charge in [0.15, 0.2) is 0 Å². The summed E-state index contributed by atoms with van der Waals surface area (Å²) in [5, 5.41) is 0. The smallest absolute Gasteiger partial charge is 0.139 e. The molecule has 0 saturated carbocycles. The molecule has 0 amide bonds. The van der Waals surface area contributed by atoms with E-state index in [1.165, 1.54) is 12.5 Å². The molecule has 1 atom stereocenters. The lowest BCUT2D eigenvalue weighted by molar-refractivity contribution is 0.378. The summed E-state index contributed by atoms with van der Waals surface area (Å²) in [6, 6.07) is 3.26. The molecule has 2 aromatic rings. The highest BCUT2D eigenvalue weighted by Crippen LogP contribution is 2.27. The van der Waals surface area contributed by atoms with Gasteiger partial charge in [0.05, 0.1) is 21.4 Å². The first-order valence-corrected chi connectivity index (χ1v) is 8.00. The van der Waals surface area contributed by atoms with Gasteiger partial charge in [-0.15, -0.1) is 11.6 Å². The van der Waals surface area contributed by atoms with E-state index in [9.17, 15) is 4.39 Å². The number of fused-ring (bicyclic) bond motifs is 1. The van der Waals surface area contributed by atoms with Crippen LogP contribution in [0, 0.1) is 11.7 Å². The van der Waals surface area contributed by atoms with Crippen LogP contribution in [-0.4, -0.2) is 34.6 Å². The maximum Gasteiger partial charge on any atom is 0.139 e. The standard InChI is InChI=1S/C14H16BrClFN3/c1-19-3-2-9(7-19)8-20-13-4-10(15)11(17)5-12(13)18-14(20)6-16/h4-5,9H,2-3,6-8H2,1H3. The van der Waals surface area contributed by atoms with Crippen LogP contribution in [0.15, 0.2) is 16.6 Å². The van der Waals surface area contributed by atoms with Gasteiger partial charge in [-0.2, -0.15) is 0 Å². The number of aromatic nitrogens is 2. The number of benzene rings is 1. The van der Waals surface area contributed by atoms with Crippen molar-refractivity contribution in [2.24, 2.45) is 5.92 Å². The van der Waals surface area contributed by atoms with E-state index >= 15 is 0 Å². The highest BCUT2D eigenvalue weighted by molar-refractivity contribution is 9.10. The first-order chi connectivity index (χ1) is 9.58. The van der Waals surface area contributed by atoms with Gasteiger partial charge in [0.25, 0.3) is 0 Å². The molecule has 1 aromatic heterocycles. The molecule has 0 radical (unpaired) electrons. The van der Waals surface area contributed by atoms with Crippen LogP contribution < -0.4 is 0 Å². The maximum absolute atomic E-state index is 13.6. The molecule has 1 saturated heterocycles. The second-order valence-corrected chi connectivity index (χ2v) is 6.57. The SMILES string of the molecule is CN1CCC(Cn2c(CCl)nc3cc(F)c(Br)cc32)C1. The Morgan fingerprint density at radius 2 is 2.30 bits per heavy atom. The second kappa shape index (κ2) is 5.62. The summed E-state index contributed by atoms with van der Waals surface area (Å²) >= 11 is 9.24. The van der Waals surface area contributed by atoms with Gasteiger partial charge in [-0.25, -0.2) is 9.37 Å². The summed E-state index contributed by atoms with van der Waals surface area (Å²) in [6.45, 7) is 3.11. The molecule has 0 N–H and O–H groups in total. The molecular weight excluding hydrogens is 345 g/mol. The minimum absolute atomic E-state index is 0.288. The number of imidazole rings is 1. The van der Waals surface area contributed by atoms with E-state index < -0.39 is 0 Å². The molecule has 1 aliphatic heterocycles. The van der Waals surface area contributed by atoms with Gasteiger partial charge in [-0.1, -0.05) is 0 Å². The Bertz CT molecular complexity index is 643. The Morgan fingerprint density at radius 1 is 1.50 bits per heavy atom. The Labute approximate surface area is 130 Å². The van der Waals surface area contributed by atoms with Gasteiger partial charge >= 0.3 is 0 Å². The molecule has 2 heterocycles. The molecule has 1 aromatic carbocycles. The average Bonchev–Trinajstić information content (AvgIpc) is 2.96. The summed E-state index contributed by atoms with van der Waals surface area (Å²) in [7, 11) is 2.14. The number of likely N-dealkylation sites (tertiary alicyclic amines) is 1. The molecule has 3 rings (SSSR count). The van der Waals surface area contributed by atoms with Crippen LogP contribution in [0.1, 0.15) is 12.2 Å². The van der Waals surface area contributed by atoms with Crippen LogP contribution in [-0.2, 0) is 12.4 Å². The Hall–Kier alpha value is -0.650. The second-order valence-electron chi connectivity index (χ2n) is 5.44. The minimum Gasteiger partial charge on any atom is -0.327 e. The molecule has 0 bridgehead atoms. The molecule has 20 heavy (non-hydrogen) atoms. The monoisotopic (exact) mass is 359 g/mol. The van der Waals surface area contributed by atoms with E-state index in [4.69, 9.17) is 11.6 Å². The van der Waals surface area contributed by atoms with Crippen LogP contribution in [0.3, 0.4) is 0 Å². The fourth-order valence-corrected chi connectivity index (χ4v) is 3.44. The van der Waals surface area contributed by atoms with E-state index in [2.05, 4.69) is 37.4 Å². The van der Waals surface area contributed by atoms with E-state index in [1.54, 1.807) is 6.07 Å². The van der Waals surface area contributed by atoms with Crippen molar-refractivity contribution >= 4 is 38.6 Å². The third-order valence-corrected chi connectivity index (χ3v) is 4.77. The van der Waals surface area contributed by atoms with Gasteiger partial charge in [-0.3, -0.25) is 0 Å². The quantitative estimate of drug-likeness (QED) is 0.779. The zero-order chi connectivity index (χ0) is 14.3. The molecule has 6 heteroatoms. The van der Waals surface area contributed by atoms with Crippen molar-refractivity contribution in [1.29, 1.82) is 0 Å². The molecular formula is C14H16BrClFN3. The predicted octanol–water partition coefficient (Wildman–Crippen LogP) is 3.63. The summed E-state index contributed by atoms with van der Waals surface area (Å²) in [6.07, 6.45) is 1.18. The van der Waals surface area contributed by atoms with Crippen molar-refractivity contribution in [3.8, 4) is 0 Å². The predicted molar refractivity (Wildman–Crippen MR) is 82.6 cm³/mol.